The van der Waals surface area contributed by atoms with Crippen LogP contribution >= 0.6 is 0 Å². The summed E-state index contributed by atoms with van der Waals surface area (Å²) in [5.74, 6) is 0. The van der Waals surface area contributed by atoms with E-state index in [-0.39, 0.29) is 0 Å². The SMILES string of the molecule is CCCOC(=O)ON1CCCCC1. The van der Waals surface area contributed by atoms with Gasteiger partial charge >= 0.3 is 6.16 Å². The molecule has 1 aliphatic rings. The van der Waals surface area contributed by atoms with Crippen molar-refractivity contribution in [2.75, 3.05) is 19.7 Å². The molecular weight excluding hydrogens is 170 g/mol. The van der Waals surface area contributed by atoms with Crippen LogP contribution in [0.2, 0.25) is 0 Å². The smallest absolute Gasteiger partial charge is 0.433 e. The van der Waals surface area contributed by atoms with Crippen LogP contribution in [0.15, 0.2) is 0 Å². The van der Waals surface area contributed by atoms with Gasteiger partial charge in [-0.2, -0.15) is 0 Å². The number of hydroxylamine groups is 2. The van der Waals surface area contributed by atoms with Gasteiger partial charge in [-0.15, -0.1) is 5.06 Å². The van der Waals surface area contributed by atoms with Crippen LogP contribution in [0.25, 0.3) is 0 Å². The Bertz CT molecular complexity index is 155. The van der Waals surface area contributed by atoms with Gasteiger partial charge in [0.15, 0.2) is 0 Å². The summed E-state index contributed by atoms with van der Waals surface area (Å²) in [5.41, 5.74) is 0. The number of carbonyl (C=O) groups is 1. The van der Waals surface area contributed by atoms with Crippen LogP contribution in [-0.4, -0.2) is 30.9 Å². The highest BCUT2D eigenvalue weighted by atomic mass is 16.8. The van der Waals surface area contributed by atoms with Crippen LogP contribution in [0.4, 0.5) is 4.79 Å². The Hall–Kier alpha value is -0.770. The lowest BCUT2D eigenvalue weighted by Gasteiger charge is -2.24. The van der Waals surface area contributed by atoms with E-state index in [1.807, 2.05) is 6.92 Å². The monoisotopic (exact) mass is 187 g/mol. The molecule has 0 bridgehead atoms. The van der Waals surface area contributed by atoms with E-state index < -0.39 is 6.16 Å². The van der Waals surface area contributed by atoms with Crippen LogP contribution in [0, 0.1) is 0 Å². The van der Waals surface area contributed by atoms with E-state index >= 15 is 0 Å². The van der Waals surface area contributed by atoms with Crippen molar-refractivity contribution in [1.82, 2.24) is 5.06 Å². The number of hydrogen-bond donors (Lipinski definition) is 0. The molecule has 0 N–H and O–H groups in total. The van der Waals surface area contributed by atoms with Crippen LogP contribution in [-0.2, 0) is 9.57 Å². The van der Waals surface area contributed by atoms with Crippen LogP contribution in [0.5, 0.6) is 0 Å². The summed E-state index contributed by atoms with van der Waals surface area (Å²) in [4.78, 5) is 15.9. The largest absolute Gasteiger partial charge is 0.527 e. The fourth-order valence-electron chi connectivity index (χ4n) is 1.27. The molecule has 0 aromatic carbocycles. The van der Waals surface area contributed by atoms with Crippen molar-refractivity contribution in [3.8, 4) is 0 Å². The molecule has 1 heterocycles. The first-order valence-corrected chi connectivity index (χ1v) is 4.92. The molecule has 76 valence electrons. The number of nitrogens with zero attached hydrogens (tertiary/aromatic N) is 1. The molecule has 0 aromatic heterocycles. The lowest BCUT2D eigenvalue weighted by molar-refractivity contribution is -0.136. The Balaban J connectivity index is 2.11. The maximum atomic E-state index is 11.0. The lowest BCUT2D eigenvalue weighted by atomic mass is 10.2. The summed E-state index contributed by atoms with van der Waals surface area (Å²) in [7, 11) is 0. The molecule has 4 heteroatoms. The van der Waals surface area contributed by atoms with E-state index in [2.05, 4.69) is 0 Å². The second kappa shape index (κ2) is 5.80. The molecule has 0 unspecified atom stereocenters. The van der Waals surface area contributed by atoms with Gasteiger partial charge in [-0.3, -0.25) is 0 Å². The van der Waals surface area contributed by atoms with Crippen molar-refractivity contribution in [1.29, 1.82) is 0 Å². The third-order valence-corrected chi connectivity index (χ3v) is 1.94. The molecule has 0 aromatic rings. The van der Waals surface area contributed by atoms with E-state index in [1.54, 1.807) is 5.06 Å². The third kappa shape index (κ3) is 4.12. The van der Waals surface area contributed by atoms with E-state index in [0.717, 1.165) is 32.4 Å². The first-order chi connectivity index (χ1) is 6.33. The molecule has 1 saturated heterocycles. The molecular formula is C9H17NO3. The summed E-state index contributed by atoms with van der Waals surface area (Å²) < 4.78 is 4.79. The fraction of sp³-hybridized carbons (Fsp3) is 0.889. The van der Waals surface area contributed by atoms with Crippen molar-refractivity contribution in [3.05, 3.63) is 0 Å². The van der Waals surface area contributed by atoms with Crippen molar-refractivity contribution >= 4 is 6.16 Å². The van der Waals surface area contributed by atoms with Gasteiger partial charge in [0, 0.05) is 13.1 Å². The van der Waals surface area contributed by atoms with E-state index in [0.29, 0.717) is 6.61 Å². The standard InChI is InChI=1S/C9H17NO3/c1-2-8-12-9(11)13-10-6-4-3-5-7-10/h2-8H2,1H3. The Kier molecular flexibility index (Phi) is 4.60. The van der Waals surface area contributed by atoms with Gasteiger partial charge in [0.05, 0.1) is 6.61 Å². The summed E-state index contributed by atoms with van der Waals surface area (Å²) in [5, 5.41) is 1.68. The molecule has 13 heavy (non-hydrogen) atoms. The second-order valence-corrected chi connectivity index (χ2v) is 3.18. The van der Waals surface area contributed by atoms with E-state index in [4.69, 9.17) is 9.57 Å². The van der Waals surface area contributed by atoms with Crippen molar-refractivity contribution in [2.45, 2.75) is 32.6 Å². The number of carbonyl (C=O) groups excluding carboxylic acids is 1. The quantitative estimate of drug-likeness (QED) is 0.633. The van der Waals surface area contributed by atoms with Crippen LogP contribution < -0.4 is 0 Å². The summed E-state index contributed by atoms with van der Waals surface area (Å²) in [6, 6.07) is 0. The van der Waals surface area contributed by atoms with Gasteiger partial charge in [-0.25, -0.2) is 4.79 Å². The minimum atomic E-state index is -0.566. The summed E-state index contributed by atoms with van der Waals surface area (Å²) >= 11 is 0. The van der Waals surface area contributed by atoms with E-state index in [1.165, 1.54) is 6.42 Å². The van der Waals surface area contributed by atoms with Gasteiger partial charge in [-0.1, -0.05) is 13.3 Å². The molecule has 1 rings (SSSR count). The highest BCUT2D eigenvalue weighted by molar-refractivity contribution is 5.59. The molecule has 0 radical (unpaired) electrons. The van der Waals surface area contributed by atoms with Crippen LogP contribution in [0.1, 0.15) is 32.6 Å². The zero-order valence-corrected chi connectivity index (χ0v) is 8.12. The average Bonchev–Trinajstić information content (AvgIpc) is 2.16. The van der Waals surface area contributed by atoms with Gasteiger partial charge in [0.2, 0.25) is 0 Å². The molecule has 1 fully saturated rings. The van der Waals surface area contributed by atoms with Gasteiger partial charge in [0.1, 0.15) is 0 Å². The first-order valence-electron chi connectivity index (χ1n) is 4.92. The molecule has 1 aliphatic heterocycles. The Labute approximate surface area is 78.8 Å². The third-order valence-electron chi connectivity index (χ3n) is 1.94. The highest BCUT2D eigenvalue weighted by Crippen LogP contribution is 2.09. The Morgan fingerprint density at radius 1 is 1.31 bits per heavy atom. The highest BCUT2D eigenvalue weighted by Gasteiger charge is 2.15. The number of hydrogen-bond acceptors (Lipinski definition) is 4. The average molecular weight is 187 g/mol. The lowest BCUT2D eigenvalue weighted by Crippen LogP contribution is -2.32. The number of ether oxygens (including phenoxy) is 1. The Morgan fingerprint density at radius 2 is 2.00 bits per heavy atom. The second-order valence-electron chi connectivity index (χ2n) is 3.18. The van der Waals surface area contributed by atoms with E-state index in [9.17, 15) is 4.79 Å². The zero-order chi connectivity index (χ0) is 9.52. The molecule has 4 nitrogen and oxygen atoms in total. The minimum Gasteiger partial charge on any atom is -0.433 e. The molecule has 0 amide bonds. The maximum Gasteiger partial charge on any atom is 0.527 e. The molecule has 0 saturated carbocycles. The zero-order valence-electron chi connectivity index (χ0n) is 8.12. The summed E-state index contributed by atoms with van der Waals surface area (Å²) in [6.45, 7) is 4.06. The van der Waals surface area contributed by atoms with Crippen molar-refractivity contribution in [3.63, 3.8) is 0 Å². The van der Waals surface area contributed by atoms with Gasteiger partial charge in [-0.05, 0) is 19.3 Å². The van der Waals surface area contributed by atoms with Crippen LogP contribution in [0.3, 0.4) is 0 Å². The Morgan fingerprint density at radius 3 is 2.62 bits per heavy atom. The first kappa shape index (κ1) is 10.3. The van der Waals surface area contributed by atoms with Gasteiger partial charge in [0.25, 0.3) is 0 Å². The number of piperidine rings is 1. The van der Waals surface area contributed by atoms with Crippen molar-refractivity contribution < 1.29 is 14.4 Å². The van der Waals surface area contributed by atoms with Crippen molar-refractivity contribution in [2.24, 2.45) is 0 Å². The van der Waals surface area contributed by atoms with Gasteiger partial charge < -0.3 is 9.57 Å². The topological polar surface area (TPSA) is 38.8 Å². The molecule has 0 atom stereocenters. The predicted molar refractivity (Wildman–Crippen MR) is 48.1 cm³/mol. The fourth-order valence-corrected chi connectivity index (χ4v) is 1.27. The summed E-state index contributed by atoms with van der Waals surface area (Å²) in [6.07, 6.45) is 3.69. The molecule has 0 aliphatic carbocycles. The minimum absolute atomic E-state index is 0.437. The molecule has 0 spiro atoms. The normalized spacial score (nSPS) is 18.2. The maximum absolute atomic E-state index is 11.0. The number of rotatable bonds is 3. The predicted octanol–water partition coefficient (Wildman–Crippen LogP) is 1.95.